The van der Waals surface area contributed by atoms with Crippen LogP contribution in [0, 0.1) is 5.41 Å². The number of Topliss-reactive ketones (excluding diaryl/α,β-unsaturated/α-hetero) is 1. The molecule has 1 aliphatic rings. The monoisotopic (exact) mass is 269 g/mol. The summed E-state index contributed by atoms with van der Waals surface area (Å²) in [5.41, 5.74) is 0.951. The van der Waals surface area contributed by atoms with Gasteiger partial charge in [-0.3, -0.25) is 9.52 Å². The van der Waals surface area contributed by atoms with E-state index in [1.165, 1.54) is 6.20 Å². The molecule has 2 rings (SSSR count). The molecule has 0 radical (unpaired) electrons. The number of rotatable bonds is 2. The lowest BCUT2D eigenvalue weighted by Gasteiger charge is -2.29. The Morgan fingerprint density at radius 2 is 2.00 bits per heavy atom. The molecule has 0 saturated heterocycles. The van der Waals surface area contributed by atoms with Gasteiger partial charge in [-0.1, -0.05) is 13.8 Å². The molecule has 1 aromatic rings. The van der Waals surface area contributed by atoms with Crippen LogP contribution in [-0.2, 0) is 16.4 Å². The van der Waals surface area contributed by atoms with Crippen molar-refractivity contribution in [2.45, 2.75) is 26.7 Å². The molecule has 1 heterocycles. The Balaban J connectivity index is 2.40. The van der Waals surface area contributed by atoms with Gasteiger partial charge in [0.15, 0.2) is 5.78 Å². The normalized spacial score (nSPS) is 18.3. The van der Waals surface area contributed by atoms with Crippen LogP contribution in [0.5, 0.6) is 0 Å². The summed E-state index contributed by atoms with van der Waals surface area (Å²) in [5, 5.41) is 0. The van der Waals surface area contributed by atoms with Crippen LogP contribution in [0.1, 0.15) is 36.3 Å². The Bertz CT molecular complexity index is 608. The van der Waals surface area contributed by atoms with Crippen LogP contribution in [0.15, 0.2) is 6.20 Å². The van der Waals surface area contributed by atoms with Crippen molar-refractivity contribution in [3.05, 3.63) is 17.5 Å². The summed E-state index contributed by atoms with van der Waals surface area (Å²) < 4.78 is 24.4. The molecule has 18 heavy (non-hydrogen) atoms. The van der Waals surface area contributed by atoms with Gasteiger partial charge in [0, 0.05) is 12.6 Å². The number of fused-ring (bicyclic) bond motifs is 1. The van der Waals surface area contributed by atoms with Gasteiger partial charge in [-0.2, -0.15) is 0 Å². The zero-order chi connectivity index (χ0) is 13.6. The molecule has 0 saturated carbocycles. The van der Waals surface area contributed by atoms with Crippen molar-refractivity contribution in [2.75, 3.05) is 11.0 Å². The van der Waals surface area contributed by atoms with E-state index in [1.807, 2.05) is 13.8 Å². The Morgan fingerprint density at radius 3 is 2.61 bits per heavy atom. The molecule has 7 heteroatoms. The van der Waals surface area contributed by atoms with Crippen LogP contribution in [0.2, 0.25) is 0 Å². The molecule has 1 aromatic heterocycles. The van der Waals surface area contributed by atoms with Crippen molar-refractivity contribution < 1.29 is 13.2 Å². The third-order valence-corrected chi connectivity index (χ3v) is 3.28. The Hall–Kier alpha value is -1.50. The first kappa shape index (κ1) is 12.9. The van der Waals surface area contributed by atoms with E-state index >= 15 is 0 Å². The second kappa shape index (κ2) is 4.01. The lowest BCUT2D eigenvalue weighted by atomic mass is 9.76. The van der Waals surface area contributed by atoms with E-state index in [2.05, 4.69) is 14.7 Å². The van der Waals surface area contributed by atoms with Crippen molar-refractivity contribution in [1.29, 1.82) is 0 Å². The van der Waals surface area contributed by atoms with Crippen LogP contribution in [0.3, 0.4) is 0 Å². The van der Waals surface area contributed by atoms with Gasteiger partial charge in [-0.05, 0) is 11.8 Å². The fourth-order valence-electron chi connectivity index (χ4n) is 2.05. The maximum atomic E-state index is 11.9. The molecule has 0 amide bonds. The molecule has 1 N–H and O–H groups in total. The van der Waals surface area contributed by atoms with Crippen LogP contribution in [-0.4, -0.2) is 30.4 Å². The number of carbonyl (C=O) groups excluding carboxylic acids is 1. The zero-order valence-electron chi connectivity index (χ0n) is 10.5. The quantitative estimate of drug-likeness (QED) is 0.865. The van der Waals surface area contributed by atoms with Crippen molar-refractivity contribution in [3.63, 3.8) is 0 Å². The number of hydrogen-bond donors (Lipinski definition) is 1. The van der Waals surface area contributed by atoms with E-state index in [0.29, 0.717) is 24.1 Å². The van der Waals surface area contributed by atoms with Gasteiger partial charge in [0.1, 0.15) is 0 Å². The van der Waals surface area contributed by atoms with Gasteiger partial charge in [-0.25, -0.2) is 18.4 Å². The van der Waals surface area contributed by atoms with E-state index in [4.69, 9.17) is 0 Å². The standard InChI is InChI=1S/C11H15N3O3S/c1-11(2)4-8-7(9(15)5-11)6-12-10(13-8)14-18(3,16)17/h6H,4-5H2,1-3H3,(H,12,13,14). The Labute approximate surface area is 106 Å². The van der Waals surface area contributed by atoms with E-state index in [1.54, 1.807) is 0 Å². The predicted molar refractivity (Wildman–Crippen MR) is 66.9 cm³/mol. The van der Waals surface area contributed by atoms with Crippen LogP contribution in [0.25, 0.3) is 0 Å². The van der Waals surface area contributed by atoms with Crippen molar-refractivity contribution >= 4 is 21.8 Å². The summed E-state index contributed by atoms with van der Waals surface area (Å²) in [7, 11) is -3.41. The zero-order valence-corrected chi connectivity index (χ0v) is 11.3. The summed E-state index contributed by atoms with van der Waals surface area (Å²) in [6, 6.07) is 0. The largest absolute Gasteiger partial charge is 0.294 e. The van der Waals surface area contributed by atoms with Gasteiger partial charge in [0.2, 0.25) is 16.0 Å². The molecule has 0 atom stereocenters. The second-order valence-electron chi connectivity index (χ2n) is 5.37. The highest BCUT2D eigenvalue weighted by Gasteiger charge is 2.32. The number of ketones is 1. The maximum Gasteiger partial charge on any atom is 0.236 e. The molecule has 98 valence electrons. The first-order valence-corrected chi connectivity index (χ1v) is 7.42. The van der Waals surface area contributed by atoms with Crippen LogP contribution in [0.4, 0.5) is 5.95 Å². The predicted octanol–water partition coefficient (Wildman–Crippen LogP) is 1.00. The number of sulfonamides is 1. The van der Waals surface area contributed by atoms with Gasteiger partial charge >= 0.3 is 0 Å². The van der Waals surface area contributed by atoms with Gasteiger partial charge in [-0.15, -0.1) is 0 Å². The molecule has 0 spiro atoms. The SMILES string of the molecule is CC1(C)CC(=O)c2cnc(NS(C)(=O)=O)nc2C1. The van der Waals surface area contributed by atoms with Gasteiger partial charge in [0.25, 0.3) is 0 Å². The van der Waals surface area contributed by atoms with Crippen LogP contribution >= 0.6 is 0 Å². The molecule has 0 bridgehead atoms. The minimum atomic E-state index is -3.41. The number of nitrogens with one attached hydrogen (secondary N) is 1. The average Bonchev–Trinajstić information content (AvgIpc) is 2.11. The third-order valence-electron chi connectivity index (χ3n) is 2.73. The summed E-state index contributed by atoms with van der Waals surface area (Å²) in [6.45, 7) is 3.97. The van der Waals surface area contributed by atoms with E-state index in [9.17, 15) is 13.2 Å². The highest BCUT2D eigenvalue weighted by Crippen LogP contribution is 2.33. The topological polar surface area (TPSA) is 89.0 Å². The van der Waals surface area contributed by atoms with Crippen molar-refractivity contribution in [2.24, 2.45) is 5.41 Å². The second-order valence-corrected chi connectivity index (χ2v) is 7.12. The van der Waals surface area contributed by atoms with Crippen molar-refractivity contribution in [1.82, 2.24) is 9.97 Å². The maximum absolute atomic E-state index is 11.9. The summed E-state index contributed by atoms with van der Waals surface area (Å²) in [6.07, 6.45) is 3.52. The number of carbonyl (C=O) groups is 1. The molecule has 6 nitrogen and oxygen atoms in total. The molecule has 0 unspecified atom stereocenters. The fourth-order valence-corrected chi connectivity index (χ4v) is 2.48. The Morgan fingerprint density at radius 1 is 1.33 bits per heavy atom. The number of aromatic nitrogens is 2. The summed E-state index contributed by atoms with van der Waals surface area (Å²) >= 11 is 0. The first-order chi connectivity index (χ1) is 8.16. The highest BCUT2D eigenvalue weighted by atomic mass is 32.2. The molecule has 1 aliphatic carbocycles. The molecular formula is C11H15N3O3S. The third kappa shape index (κ3) is 2.84. The molecule has 0 aliphatic heterocycles. The lowest BCUT2D eigenvalue weighted by molar-refractivity contribution is 0.0910. The smallest absolute Gasteiger partial charge is 0.236 e. The van der Waals surface area contributed by atoms with Gasteiger partial charge in [0.05, 0.1) is 17.5 Å². The summed E-state index contributed by atoms with van der Waals surface area (Å²) in [5.74, 6) is 0.0221. The Kier molecular flexibility index (Phi) is 2.89. The minimum absolute atomic E-state index is 0.00663. The van der Waals surface area contributed by atoms with Crippen molar-refractivity contribution in [3.8, 4) is 0 Å². The minimum Gasteiger partial charge on any atom is -0.294 e. The average molecular weight is 269 g/mol. The highest BCUT2D eigenvalue weighted by molar-refractivity contribution is 7.91. The number of anilines is 1. The summed E-state index contributed by atoms with van der Waals surface area (Å²) in [4.78, 5) is 19.9. The number of nitrogens with zero attached hydrogens (tertiary/aromatic N) is 2. The van der Waals surface area contributed by atoms with E-state index < -0.39 is 10.0 Å². The molecule has 0 aromatic carbocycles. The van der Waals surface area contributed by atoms with Crippen LogP contribution < -0.4 is 4.72 Å². The first-order valence-electron chi connectivity index (χ1n) is 5.53. The molecule has 0 fully saturated rings. The molecular weight excluding hydrogens is 254 g/mol. The fraction of sp³-hybridized carbons (Fsp3) is 0.545. The lowest BCUT2D eigenvalue weighted by Crippen LogP contribution is -2.28. The van der Waals surface area contributed by atoms with Gasteiger partial charge < -0.3 is 0 Å². The van der Waals surface area contributed by atoms with E-state index in [-0.39, 0.29) is 17.1 Å². The number of hydrogen-bond acceptors (Lipinski definition) is 5. The van der Waals surface area contributed by atoms with E-state index in [0.717, 1.165) is 6.26 Å².